The minimum absolute atomic E-state index is 0.0462. The summed E-state index contributed by atoms with van der Waals surface area (Å²) in [5, 5.41) is 8.09. The second-order valence-corrected chi connectivity index (χ2v) is 7.19. The van der Waals surface area contributed by atoms with Crippen molar-refractivity contribution in [2.45, 2.75) is 6.42 Å². The number of carbonyl (C=O) groups is 2. The molecule has 2 aromatic carbocycles. The summed E-state index contributed by atoms with van der Waals surface area (Å²) in [7, 11) is 3.07. The highest BCUT2D eigenvalue weighted by atomic mass is 35.5. The molecule has 0 aliphatic heterocycles. The van der Waals surface area contributed by atoms with Crippen LogP contribution in [0.3, 0.4) is 0 Å². The van der Waals surface area contributed by atoms with E-state index < -0.39 is 0 Å². The van der Waals surface area contributed by atoms with Crippen LogP contribution >= 0.6 is 22.9 Å². The molecule has 3 rings (SSSR count). The van der Waals surface area contributed by atoms with Crippen molar-refractivity contribution in [1.29, 1.82) is 0 Å². The van der Waals surface area contributed by atoms with E-state index in [0.717, 1.165) is 0 Å². The fourth-order valence-electron chi connectivity index (χ4n) is 2.49. The third-order valence-electron chi connectivity index (χ3n) is 3.90. The molecule has 150 valence electrons. The monoisotopic (exact) mass is 431 g/mol. The molecule has 0 aliphatic rings. The molecule has 0 bridgehead atoms. The van der Waals surface area contributed by atoms with Crippen molar-refractivity contribution in [3.8, 4) is 11.5 Å². The molecule has 0 radical (unpaired) electrons. The number of nitrogens with one attached hydrogen (secondary N) is 2. The van der Waals surface area contributed by atoms with Crippen LogP contribution in [0.5, 0.6) is 11.5 Å². The number of ether oxygens (including phenoxy) is 2. The summed E-state index contributed by atoms with van der Waals surface area (Å²) in [4.78, 5) is 28.9. The second kappa shape index (κ2) is 9.40. The molecule has 1 heterocycles. The number of amides is 2. The van der Waals surface area contributed by atoms with Crippen molar-refractivity contribution in [2.24, 2.45) is 0 Å². The Balaban J connectivity index is 1.60. The summed E-state index contributed by atoms with van der Waals surface area (Å²) in [5.41, 5.74) is 1.50. The summed E-state index contributed by atoms with van der Waals surface area (Å²) < 4.78 is 10.3. The first-order valence-corrected chi connectivity index (χ1v) is 9.77. The summed E-state index contributed by atoms with van der Waals surface area (Å²) in [6.07, 6.45) is 0.0462. The van der Waals surface area contributed by atoms with E-state index in [9.17, 15) is 9.59 Å². The average molecular weight is 432 g/mol. The lowest BCUT2D eigenvalue weighted by molar-refractivity contribution is -0.115. The highest BCUT2D eigenvalue weighted by Crippen LogP contribution is 2.28. The standard InChI is InChI=1S/C20H18ClN3O4S/c1-27-15-6-3-12(4-7-15)19(26)24-20-22-14(11-29-20)10-18(25)23-16-9-13(21)5-8-17(16)28-2/h3-9,11H,10H2,1-2H3,(H,23,25)(H,22,24,26). The van der Waals surface area contributed by atoms with Crippen LogP contribution in [0.2, 0.25) is 5.02 Å². The number of carbonyl (C=O) groups excluding carboxylic acids is 2. The summed E-state index contributed by atoms with van der Waals surface area (Å²) in [6, 6.07) is 11.7. The van der Waals surface area contributed by atoms with Crippen molar-refractivity contribution in [1.82, 2.24) is 4.98 Å². The number of anilines is 2. The van der Waals surface area contributed by atoms with E-state index in [0.29, 0.717) is 38.6 Å². The molecule has 29 heavy (non-hydrogen) atoms. The van der Waals surface area contributed by atoms with Crippen LogP contribution in [0, 0.1) is 0 Å². The Bertz CT molecular complexity index is 1020. The lowest BCUT2D eigenvalue weighted by Gasteiger charge is -2.10. The van der Waals surface area contributed by atoms with E-state index in [1.807, 2.05) is 0 Å². The molecule has 0 saturated carbocycles. The summed E-state index contributed by atoms with van der Waals surface area (Å²) in [6.45, 7) is 0. The third kappa shape index (κ3) is 5.46. The van der Waals surface area contributed by atoms with Gasteiger partial charge in [-0.05, 0) is 42.5 Å². The number of benzene rings is 2. The summed E-state index contributed by atoms with van der Waals surface area (Å²) >= 11 is 7.22. The van der Waals surface area contributed by atoms with Gasteiger partial charge in [0.25, 0.3) is 5.91 Å². The molecule has 0 atom stereocenters. The third-order valence-corrected chi connectivity index (χ3v) is 4.94. The van der Waals surface area contributed by atoms with Gasteiger partial charge in [-0.1, -0.05) is 11.6 Å². The zero-order chi connectivity index (χ0) is 20.8. The molecule has 1 aromatic heterocycles. The van der Waals surface area contributed by atoms with Crippen molar-refractivity contribution < 1.29 is 19.1 Å². The highest BCUT2D eigenvalue weighted by molar-refractivity contribution is 7.14. The largest absolute Gasteiger partial charge is 0.497 e. The van der Waals surface area contributed by atoms with Gasteiger partial charge in [-0.2, -0.15) is 0 Å². The number of methoxy groups -OCH3 is 2. The molecule has 0 aliphatic carbocycles. The fraction of sp³-hybridized carbons (Fsp3) is 0.150. The van der Waals surface area contributed by atoms with Gasteiger partial charge in [-0.15, -0.1) is 11.3 Å². The van der Waals surface area contributed by atoms with Gasteiger partial charge in [-0.25, -0.2) is 4.98 Å². The van der Waals surface area contributed by atoms with Crippen LogP contribution in [-0.4, -0.2) is 31.0 Å². The smallest absolute Gasteiger partial charge is 0.257 e. The van der Waals surface area contributed by atoms with Crippen molar-refractivity contribution in [2.75, 3.05) is 24.9 Å². The first kappa shape index (κ1) is 20.6. The zero-order valence-corrected chi connectivity index (χ0v) is 17.3. The van der Waals surface area contributed by atoms with Crippen molar-refractivity contribution >= 4 is 45.6 Å². The molecule has 0 unspecified atom stereocenters. The summed E-state index contributed by atoms with van der Waals surface area (Å²) in [5.74, 6) is 0.611. The molecule has 0 fully saturated rings. The number of rotatable bonds is 7. The predicted molar refractivity (Wildman–Crippen MR) is 113 cm³/mol. The number of hydrogen-bond acceptors (Lipinski definition) is 6. The lowest BCUT2D eigenvalue weighted by Crippen LogP contribution is -2.15. The Kier molecular flexibility index (Phi) is 6.69. The van der Waals surface area contributed by atoms with Crippen LogP contribution < -0.4 is 20.1 Å². The van der Waals surface area contributed by atoms with Gasteiger partial charge in [-0.3, -0.25) is 14.9 Å². The van der Waals surface area contributed by atoms with Crippen molar-refractivity contribution in [3.05, 3.63) is 64.1 Å². The Hall–Kier alpha value is -3.10. The Morgan fingerprint density at radius 3 is 2.52 bits per heavy atom. The molecular weight excluding hydrogens is 414 g/mol. The highest BCUT2D eigenvalue weighted by Gasteiger charge is 2.13. The minimum atomic E-state index is -0.290. The van der Waals surface area contributed by atoms with Gasteiger partial charge >= 0.3 is 0 Å². The quantitative estimate of drug-likeness (QED) is 0.583. The number of aromatic nitrogens is 1. The van der Waals surface area contributed by atoms with Crippen LogP contribution in [-0.2, 0) is 11.2 Å². The maximum Gasteiger partial charge on any atom is 0.257 e. The van der Waals surface area contributed by atoms with E-state index >= 15 is 0 Å². The Morgan fingerprint density at radius 1 is 1.07 bits per heavy atom. The molecule has 3 aromatic rings. The van der Waals surface area contributed by atoms with Crippen molar-refractivity contribution in [3.63, 3.8) is 0 Å². The number of thiazole rings is 1. The van der Waals surface area contributed by atoms with E-state index in [2.05, 4.69) is 15.6 Å². The molecule has 0 spiro atoms. The number of nitrogens with zero attached hydrogens (tertiary/aromatic N) is 1. The molecule has 2 amide bonds. The van der Waals surface area contributed by atoms with Crippen LogP contribution in [0.4, 0.5) is 10.8 Å². The first-order chi connectivity index (χ1) is 14.0. The first-order valence-electron chi connectivity index (χ1n) is 8.51. The minimum Gasteiger partial charge on any atom is -0.497 e. The van der Waals surface area contributed by atoms with Gasteiger partial charge in [0.1, 0.15) is 11.5 Å². The fourth-order valence-corrected chi connectivity index (χ4v) is 3.37. The topological polar surface area (TPSA) is 89.5 Å². The van der Waals surface area contributed by atoms with Crippen LogP contribution in [0.1, 0.15) is 16.1 Å². The molecule has 0 saturated heterocycles. The van der Waals surface area contributed by atoms with E-state index in [1.54, 1.807) is 55.0 Å². The molecule has 9 heteroatoms. The van der Waals surface area contributed by atoms with E-state index in [-0.39, 0.29) is 18.2 Å². The molecule has 2 N–H and O–H groups in total. The van der Waals surface area contributed by atoms with Gasteiger partial charge in [0, 0.05) is 16.0 Å². The lowest BCUT2D eigenvalue weighted by atomic mass is 10.2. The normalized spacial score (nSPS) is 10.3. The Morgan fingerprint density at radius 2 is 1.83 bits per heavy atom. The second-order valence-electron chi connectivity index (χ2n) is 5.90. The van der Waals surface area contributed by atoms with Gasteiger partial charge in [0.2, 0.25) is 5.91 Å². The van der Waals surface area contributed by atoms with Gasteiger partial charge < -0.3 is 14.8 Å². The average Bonchev–Trinajstić information content (AvgIpc) is 3.14. The van der Waals surface area contributed by atoms with Gasteiger partial charge in [0.15, 0.2) is 5.13 Å². The number of hydrogen-bond donors (Lipinski definition) is 2. The van der Waals surface area contributed by atoms with E-state index in [4.69, 9.17) is 21.1 Å². The van der Waals surface area contributed by atoms with Crippen LogP contribution in [0.15, 0.2) is 47.8 Å². The van der Waals surface area contributed by atoms with Crippen LogP contribution in [0.25, 0.3) is 0 Å². The number of halogens is 1. The maximum absolute atomic E-state index is 12.3. The SMILES string of the molecule is COc1ccc(C(=O)Nc2nc(CC(=O)Nc3cc(Cl)ccc3OC)cs2)cc1. The molecule has 7 nitrogen and oxygen atoms in total. The van der Waals surface area contributed by atoms with E-state index in [1.165, 1.54) is 18.4 Å². The maximum atomic E-state index is 12.3. The Labute approximate surface area is 176 Å². The molecular formula is C20H18ClN3O4S. The predicted octanol–water partition coefficient (Wildman–Crippen LogP) is 4.25. The zero-order valence-electron chi connectivity index (χ0n) is 15.7. The van der Waals surface area contributed by atoms with Gasteiger partial charge in [0.05, 0.1) is 32.0 Å².